The highest BCUT2D eigenvalue weighted by Gasteiger charge is 2.59. The van der Waals surface area contributed by atoms with Crippen molar-refractivity contribution in [2.75, 3.05) is 13.7 Å². The van der Waals surface area contributed by atoms with Gasteiger partial charge in [0.25, 0.3) is 0 Å². The van der Waals surface area contributed by atoms with Crippen LogP contribution in [-0.4, -0.2) is 35.6 Å². The molecule has 3 heteroatoms. The van der Waals surface area contributed by atoms with E-state index in [9.17, 15) is 10.2 Å². The Labute approximate surface area is 159 Å². The summed E-state index contributed by atoms with van der Waals surface area (Å²) in [7, 11) is 1.77. The van der Waals surface area contributed by atoms with Crippen molar-refractivity contribution < 1.29 is 14.9 Å². The first-order valence-corrected chi connectivity index (χ1v) is 11.2. The van der Waals surface area contributed by atoms with Crippen molar-refractivity contribution in [2.45, 2.75) is 83.8 Å². The zero-order valence-electron chi connectivity index (χ0n) is 17.3. The van der Waals surface area contributed by atoms with Gasteiger partial charge in [-0.15, -0.1) is 0 Å². The molecule has 4 rings (SSSR count). The van der Waals surface area contributed by atoms with Gasteiger partial charge in [0.1, 0.15) is 0 Å². The van der Waals surface area contributed by atoms with Crippen LogP contribution in [0.5, 0.6) is 0 Å². The van der Waals surface area contributed by atoms with E-state index in [0.717, 1.165) is 36.5 Å². The Hall–Kier alpha value is -0.120. The monoisotopic (exact) mass is 364 g/mol. The molecule has 0 bridgehead atoms. The molecule has 2 N–H and O–H groups in total. The number of hydrogen-bond donors (Lipinski definition) is 2. The molecule has 10 atom stereocenters. The summed E-state index contributed by atoms with van der Waals surface area (Å²) in [5.41, 5.74) is -0.202. The van der Waals surface area contributed by atoms with E-state index in [1.54, 1.807) is 7.11 Å². The van der Waals surface area contributed by atoms with Crippen molar-refractivity contribution in [1.29, 1.82) is 0 Å². The molecule has 4 aliphatic rings. The van der Waals surface area contributed by atoms with Crippen LogP contribution in [0.15, 0.2) is 0 Å². The van der Waals surface area contributed by atoms with Gasteiger partial charge in [0.2, 0.25) is 0 Å². The largest absolute Gasteiger partial charge is 0.393 e. The second-order valence-corrected chi connectivity index (χ2v) is 10.9. The lowest BCUT2D eigenvalue weighted by Crippen LogP contribution is -2.54. The number of aliphatic hydroxyl groups is 2. The van der Waals surface area contributed by atoms with E-state index in [-0.39, 0.29) is 12.0 Å². The molecule has 0 radical (unpaired) electrons. The van der Waals surface area contributed by atoms with Gasteiger partial charge in [0.05, 0.1) is 18.3 Å². The smallest absolute Gasteiger partial charge is 0.0672 e. The van der Waals surface area contributed by atoms with Gasteiger partial charge in [0.15, 0.2) is 0 Å². The van der Waals surface area contributed by atoms with Gasteiger partial charge in [-0.25, -0.2) is 0 Å². The van der Waals surface area contributed by atoms with E-state index in [1.165, 1.54) is 38.5 Å². The number of hydrogen-bond acceptors (Lipinski definition) is 3. The summed E-state index contributed by atoms with van der Waals surface area (Å²) in [5.74, 6) is 4.78. The van der Waals surface area contributed by atoms with E-state index in [0.29, 0.717) is 23.9 Å². The van der Waals surface area contributed by atoms with Gasteiger partial charge in [-0.05, 0) is 106 Å². The molecule has 4 aliphatic carbocycles. The number of rotatable bonds is 3. The fourth-order valence-electron chi connectivity index (χ4n) is 8.42. The Bertz CT molecular complexity index is 516. The second-order valence-electron chi connectivity index (χ2n) is 10.9. The molecule has 0 aliphatic heterocycles. The molecule has 4 fully saturated rings. The van der Waals surface area contributed by atoms with E-state index in [4.69, 9.17) is 4.74 Å². The lowest BCUT2D eigenvalue weighted by Gasteiger charge is -2.58. The lowest BCUT2D eigenvalue weighted by atomic mass is 9.48. The van der Waals surface area contributed by atoms with Gasteiger partial charge >= 0.3 is 0 Å². The van der Waals surface area contributed by atoms with Crippen molar-refractivity contribution in [3.8, 4) is 0 Å². The zero-order valence-corrected chi connectivity index (χ0v) is 17.3. The third-order valence-electron chi connectivity index (χ3n) is 9.65. The molecular formula is C23H40O3. The predicted octanol–water partition coefficient (Wildman–Crippen LogP) is 4.26. The number of ether oxygens (including phenoxy) is 1. The molecule has 0 aromatic carbocycles. The normalized spacial score (nSPS) is 54.9. The van der Waals surface area contributed by atoms with Crippen LogP contribution in [0.4, 0.5) is 0 Å². The van der Waals surface area contributed by atoms with Gasteiger partial charge in [-0.1, -0.05) is 6.92 Å². The third-order valence-corrected chi connectivity index (χ3v) is 9.65. The summed E-state index contributed by atoms with van der Waals surface area (Å²) >= 11 is 0. The molecule has 4 unspecified atom stereocenters. The fraction of sp³-hybridized carbons (Fsp3) is 1.00. The van der Waals surface area contributed by atoms with Crippen LogP contribution in [0.3, 0.4) is 0 Å². The number of fused-ring (bicyclic) bond motifs is 5. The first kappa shape index (κ1) is 19.2. The minimum absolute atomic E-state index is 0.159. The van der Waals surface area contributed by atoms with E-state index in [2.05, 4.69) is 6.92 Å². The van der Waals surface area contributed by atoms with Crippen LogP contribution in [0.25, 0.3) is 0 Å². The highest BCUT2D eigenvalue weighted by molar-refractivity contribution is 5.08. The van der Waals surface area contributed by atoms with E-state index >= 15 is 0 Å². The third kappa shape index (κ3) is 2.88. The maximum absolute atomic E-state index is 11.0. The minimum Gasteiger partial charge on any atom is -0.393 e. The lowest BCUT2D eigenvalue weighted by molar-refractivity contribution is -0.140. The molecular weight excluding hydrogens is 324 g/mol. The topological polar surface area (TPSA) is 49.7 Å². The summed E-state index contributed by atoms with van der Waals surface area (Å²) in [6.45, 7) is 7.24. The molecule has 0 spiro atoms. The molecule has 0 heterocycles. The average Bonchev–Trinajstić information content (AvgIpc) is 2.92. The molecule has 150 valence electrons. The van der Waals surface area contributed by atoms with Crippen molar-refractivity contribution in [1.82, 2.24) is 0 Å². The summed E-state index contributed by atoms with van der Waals surface area (Å²) in [5, 5.41) is 21.3. The average molecular weight is 365 g/mol. The van der Waals surface area contributed by atoms with Crippen LogP contribution in [0.1, 0.15) is 72.1 Å². The maximum Gasteiger partial charge on any atom is 0.0672 e. The molecule has 3 nitrogen and oxygen atoms in total. The van der Waals surface area contributed by atoms with Crippen LogP contribution >= 0.6 is 0 Å². The molecule has 0 aromatic rings. The first-order valence-electron chi connectivity index (χ1n) is 11.2. The van der Waals surface area contributed by atoms with Crippen molar-refractivity contribution in [3.05, 3.63) is 0 Å². The Kier molecular flexibility index (Phi) is 4.98. The van der Waals surface area contributed by atoms with Crippen LogP contribution < -0.4 is 0 Å². The molecule has 4 saturated carbocycles. The summed E-state index contributed by atoms with van der Waals surface area (Å²) in [6, 6.07) is 0. The SMILES string of the molecule is COCC1C[C@H]2[C@H](CC[C@@H]3[C@@H]2CC[C@]2(C)C(C(C)O)CC[C@@H]32)CC1(C)O. The Balaban J connectivity index is 1.55. The van der Waals surface area contributed by atoms with Gasteiger partial charge in [0, 0.05) is 13.0 Å². The summed E-state index contributed by atoms with van der Waals surface area (Å²) in [6.07, 6.45) is 9.78. The molecule has 0 aromatic heterocycles. The zero-order chi connectivity index (χ0) is 18.7. The quantitative estimate of drug-likeness (QED) is 0.787. The second kappa shape index (κ2) is 6.74. The van der Waals surface area contributed by atoms with Crippen molar-refractivity contribution >= 4 is 0 Å². The molecule has 26 heavy (non-hydrogen) atoms. The first-order chi connectivity index (χ1) is 12.3. The highest BCUT2D eigenvalue weighted by atomic mass is 16.5. The van der Waals surface area contributed by atoms with Gasteiger partial charge in [-0.2, -0.15) is 0 Å². The van der Waals surface area contributed by atoms with Crippen molar-refractivity contribution in [2.24, 2.45) is 46.8 Å². The summed E-state index contributed by atoms with van der Waals surface area (Å²) < 4.78 is 5.47. The maximum atomic E-state index is 11.0. The van der Waals surface area contributed by atoms with Crippen LogP contribution in [-0.2, 0) is 4.74 Å². The Morgan fingerprint density at radius 3 is 2.50 bits per heavy atom. The van der Waals surface area contributed by atoms with Gasteiger partial charge < -0.3 is 14.9 Å². The minimum atomic E-state index is -0.558. The summed E-state index contributed by atoms with van der Waals surface area (Å²) in [4.78, 5) is 0. The number of aliphatic hydroxyl groups excluding tert-OH is 1. The van der Waals surface area contributed by atoms with Crippen LogP contribution in [0, 0.1) is 46.8 Å². The Morgan fingerprint density at radius 2 is 1.81 bits per heavy atom. The Morgan fingerprint density at radius 1 is 1.04 bits per heavy atom. The highest BCUT2D eigenvalue weighted by Crippen LogP contribution is 2.65. The fourth-order valence-corrected chi connectivity index (χ4v) is 8.42. The van der Waals surface area contributed by atoms with Crippen molar-refractivity contribution in [3.63, 3.8) is 0 Å². The standard InChI is InChI=1S/C23H40O3/c1-14(24)20-7-8-21-18-6-5-15-12-23(3,25)16(13-26-4)11-19(15)17(18)9-10-22(20,21)2/h14-21,24-25H,5-13H2,1-4H3/t14?,15-,16?,17+,18-,19+,20?,21+,22-,23?/m1/s1. The van der Waals surface area contributed by atoms with Gasteiger partial charge in [-0.3, -0.25) is 0 Å². The molecule has 0 saturated heterocycles. The number of methoxy groups -OCH3 is 1. The van der Waals surface area contributed by atoms with Crippen LogP contribution in [0.2, 0.25) is 0 Å². The van der Waals surface area contributed by atoms with E-state index < -0.39 is 5.60 Å². The predicted molar refractivity (Wildman–Crippen MR) is 104 cm³/mol. The molecule has 0 amide bonds. The van der Waals surface area contributed by atoms with E-state index in [1.807, 2.05) is 13.8 Å².